The Balaban J connectivity index is 1.78. The van der Waals surface area contributed by atoms with Gasteiger partial charge in [0.15, 0.2) is 6.61 Å². The maximum atomic E-state index is 12.2. The summed E-state index contributed by atoms with van der Waals surface area (Å²) in [5, 5.41) is 3.72. The summed E-state index contributed by atoms with van der Waals surface area (Å²) in [6.45, 7) is -0.324. The van der Waals surface area contributed by atoms with Crippen molar-refractivity contribution in [3.63, 3.8) is 0 Å². The van der Waals surface area contributed by atoms with Crippen molar-refractivity contribution < 1.29 is 9.53 Å². The third-order valence-corrected chi connectivity index (χ3v) is 5.35. The number of benzene rings is 2. The smallest absolute Gasteiger partial charge is 0.262 e. The van der Waals surface area contributed by atoms with Crippen LogP contribution in [0, 0.1) is 0 Å². The Morgan fingerprint density at radius 2 is 1.77 bits per heavy atom. The quantitative estimate of drug-likeness (QED) is 0.449. The molecule has 1 aromatic heterocycles. The molecule has 0 aliphatic rings. The first-order chi connectivity index (χ1) is 12.4. The van der Waals surface area contributed by atoms with Crippen LogP contribution in [0.2, 0.25) is 20.1 Å². The minimum Gasteiger partial charge on any atom is -0.467 e. The molecule has 2 aromatic carbocycles. The van der Waals surface area contributed by atoms with Gasteiger partial charge in [-0.3, -0.25) is 4.79 Å². The molecule has 0 aliphatic carbocycles. The maximum absolute atomic E-state index is 12.2. The lowest BCUT2D eigenvalue weighted by molar-refractivity contribution is -0.118. The van der Waals surface area contributed by atoms with Gasteiger partial charge >= 0.3 is 0 Å². The van der Waals surface area contributed by atoms with E-state index in [4.69, 9.17) is 51.1 Å². The molecule has 0 spiro atoms. The topological polar surface area (TPSA) is 64.1 Å². The highest BCUT2D eigenvalue weighted by atomic mass is 79.9. The van der Waals surface area contributed by atoms with Crippen LogP contribution in [0.5, 0.6) is 5.88 Å². The van der Waals surface area contributed by atoms with E-state index in [2.05, 4.69) is 31.2 Å². The van der Waals surface area contributed by atoms with E-state index in [-0.39, 0.29) is 38.3 Å². The molecule has 0 atom stereocenters. The van der Waals surface area contributed by atoms with Crippen LogP contribution in [-0.4, -0.2) is 22.5 Å². The van der Waals surface area contributed by atoms with Crippen LogP contribution in [0.4, 0.5) is 5.69 Å². The van der Waals surface area contributed by atoms with Gasteiger partial charge in [0.2, 0.25) is 5.88 Å². The van der Waals surface area contributed by atoms with Crippen molar-refractivity contribution in [2.75, 3.05) is 11.9 Å². The van der Waals surface area contributed by atoms with Crippen LogP contribution < -0.4 is 10.1 Å². The van der Waals surface area contributed by atoms with Crippen molar-refractivity contribution in [1.82, 2.24) is 9.97 Å². The van der Waals surface area contributed by atoms with E-state index in [0.29, 0.717) is 10.9 Å². The van der Waals surface area contributed by atoms with Crippen molar-refractivity contribution in [1.29, 1.82) is 0 Å². The average Bonchev–Trinajstić information content (AvgIpc) is 2.62. The van der Waals surface area contributed by atoms with Gasteiger partial charge in [-0.05, 0) is 24.3 Å². The largest absolute Gasteiger partial charge is 0.467 e. The molecule has 26 heavy (non-hydrogen) atoms. The lowest BCUT2D eigenvalue weighted by Crippen LogP contribution is -2.21. The minimum absolute atomic E-state index is 0.0887. The Morgan fingerprint density at radius 3 is 2.46 bits per heavy atom. The zero-order chi connectivity index (χ0) is 18.8. The van der Waals surface area contributed by atoms with Gasteiger partial charge in [-0.15, -0.1) is 0 Å². The monoisotopic (exact) mass is 493 g/mol. The summed E-state index contributed by atoms with van der Waals surface area (Å²) < 4.78 is 6.35. The zero-order valence-corrected chi connectivity index (χ0v) is 17.3. The summed E-state index contributed by atoms with van der Waals surface area (Å²) >= 11 is 27.4. The summed E-state index contributed by atoms with van der Waals surface area (Å²) in [5.74, 6) is -0.235. The van der Waals surface area contributed by atoms with Crippen LogP contribution in [0.15, 0.2) is 35.1 Å². The molecule has 10 heteroatoms. The third kappa shape index (κ3) is 4.15. The van der Waals surface area contributed by atoms with Crippen molar-refractivity contribution in [2.24, 2.45) is 0 Å². The van der Waals surface area contributed by atoms with Crippen molar-refractivity contribution in [3.8, 4) is 5.88 Å². The first kappa shape index (κ1) is 19.5. The van der Waals surface area contributed by atoms with Crippen LogP contribution in [-0.2, 0) is 4.79 Å². The number of fused-ring (bicyclic) bond motifs is 1. The van der Waals surface area contributed by atoms with Crippen LogP contribution in [0.25, 0.3) is 10.9 Å². The highest BCUT2D eigenvalue weighted by Crippen LogP contribution is 2.41. The third-order valence-electron chi connectivity index (χ3n) is 3.28. The molecule has 0 bridgehead atoms. The summed E-state index contributed by atoms with van der Waals surface area (Å²) in [4.78, 5) is 20.4. The Hall–Kier alpha value is -1.31. The Labute approximate surface area is 176 Å². The van der Waals surface area contributed by atoms with Crippen LogP contribution >= 0.6 is 62.3 Å². The average molecular weight is 496 g/mol. The molecule has 0 unspecified atom stereocenters. The Bertz CT molecular complexity index is 990. The number of anilines is 1. The predicted molar refractivity (Wildman–Crippen MR) is 108 cm³/mol. The van der Waals surface area contributed by atoms with Gasteiger partial charge in [-0.2, -0.15) is 0 Å². The van der Waals surface area contributed by atoms with Gasteiger partial charge in [0.05, 0.1) is 36.7 Å². The number of carbonyl (C=O) groups is 1. The molecule has 0 radical (unpaired) electrons. The normalized spacial score (nSPS) is 10.8. The van der Waals surface area contributed by atoms with Gasteiger partial charge < -0.3 is 10.1 Å². The number of nitrogens with one attached hydrogen (secondary N) is 1. The van der Waals surface area contributed by atoms with Gasteiger partial charge in [0.1, 0.15) is 6.33 Å². The number of hydrogen-bond donors (Lipinski definition) is 1. The van der Waals surface area contributed by atoms with Crippen molar-refractivity contribution in [3.05, 3.63) is 55.2 Å². The number of amides is 1. The van der Waals surface area contributed by atoms with E-state index in [1.165, 1.54) is 12.4 Å². The predicted octanol–water partition coefficient (Wildman–Crippen LogP) is 6.02. The molecule has 0 fully saturated rings. The van der Waals surface area contributed by atoms with E-state index < -0.39 is 5.91 Å². The molecular formula is C16H8BrCl4N3O2. The highest BCUT2D eigenvalue weighted by Gasteiger charge is 2.17. The van der Waals surface area contributed by atoms with Crippen molar-refractivity contribution in [2.45, 2.75) is 0 Å². The Kier molecular flexibility index (Phi) is 6.10. The lowest BCUT2D eigenvalue weighted by atomic mass is 10.2. The fourth-order valence-corrected chi connectivity index (χ4v) is 3.38. The van der Waals surface area contributed by atoms with Crippen molar-refractivity contribution >= 4 is 84.8 Å². The molecule has 0 saturated heterocycles. The maximum Gasteiger partial charge on any atom is 0.262 e. The molecule has 0 saturated carbocycles. The number of nitrogens with zero attached hydrogens (tertiary/aromatic N) is 2. The SMILES string of the molecule is O=C(COc1ncnc2ccc(Br)cc12)Nc1c(Cl)c(Cl)cc(Cl)c1Cl. The summed E-state index contributed by atoms with van der Waals surface area (Å²) in [6, 6.07) is 6.85. The van der Waals surface area contributed by atoms with Gasteiger partial charge in [0.25, 0.3) is 5.91 Å². The van der Waals surface area contributed by atoms with Gasteiger partial charge in [-0.25, -0.2) is 9.97 Å². The minimum atomic E-state index is -0.506. The number of rotatable bonds is 4. The first-order valence-corrected chi connectivity index (χ1v) is 9.33. The standard InChI is InChI=1S/C16H8BrCl4N3O2/c17-7-1-2-11-8(3-7)16(23-6-22-11)26-5-12(25)24-15-13(20)9(18)4-10(19)14(15)21/h1-4,6H,5H2,(H,24,25). The summed E-state index contributed by atoms with van der Waals surface area (Å²) in [7, 11) is 0. The number of aromatic nitrogens is 2. The number of hydrogen-bond acceptors (Lipinski definition) is 4. The number of halogens is 5. The second-order valence-electron chi connectivity index (χ2n) is 5.02. The van der Waals surface area contributed by atoms with E-state index in [1.54, 1.807) is 6.07 Å². The second-order valence-corrected chi connectivity index (χ2v) is 7.51. The molecule has 1 N–H and O–H groups in total. The summed E-state index contributed by atoms with van der Waals surface area (Å²) in [5.41, 5.74) is 0.807. The van der Waals surface area contributed by atoms with E-state index in [9.17, 15) is 4.79 Å². The first-order valence-electron chi connectivity index (χ1n) is 7.02. The molecule has 0 aliphatic heterocycles. The van der Waals surface area contributed by atoms with Crippen LogP contribution in [0.3, 0.4) is 0 Å². The van der Waals surface area contributed by atoms with E-state index in [0.717, 1.165) is 4.47 Å². The number of ether oxygens (including phenoxy) is 1. The van der Waals surface area contributed by atoms with Crippen LogP contribution in [0.1, 0.15) is 0 Å². The Morgan fingerprint density at radius 1 is 1.08 bits per heavy atom. The molecule has 3 rings (SSSR count). The van der Waals surface area contributed by atoms with E-state index >= 15 is 0 Å². The lowest BCUT2D eigenvalue weighted by Gasteiger charge is -2.12. The fourth-order valence-electron chi connectivity index (χ4n) is 2.11. The fraction of sp³-hybridized carbons (Fsp3) is 0.0625. The molecule has 3 aromatic rings. The van der Waals surface area contributed by atoms with Gasteiger partial charge in [-0.1, -0.05) is 62.3 Å². The highest BCUT2D eigenvalue weighted by molar-refractivity contribution is 9.10. The summed E-state index contributed by atoms with van der Waals surface area (Å²) in [6.07, 6.45) is 1.36. The molecule has 1 heterocycles. The molecule has 1 amide bonds. The molecule has 134 valence electrons. The second kappa shape index (κ2) is 8.15. The van der Waals surface area contributed by atoms with Gasteiger partial charge in [0, 0.05) is 4.47 Å². The zero-order valence-electron chi connectivity index (χ0n) is 12.7. The molecular weight excluding hydrogens is 488 g/mol. The van der Waals surface area contributed by atoms with E-state index in [1.807, 2.05) is 12.1 Å². The number of carbonyl (C=O) groups excluding carboxylic acids is 1. The molecule has 5 nitrogen and oxygen atoms in total.